The van der Waals surface area contributed by atoms with E-state index in [9.17, 15) is 13.6 Å². The second kappa shape index (κ2) is 5.69. The van der Waals surface area contributed by atoms with E-state index in [0.717, 1.165) is 6.07 Å². The summed E-state index contributed by atoms with van der Waals surface area (Å²) in [7, 11) is 0. The van der Waals surface area contributed by atoms with Gasteiger partial charge < -0.3 is 10.6 Å². The van der Waals surface area contributed by atoms with Gasteiger partial charge in [-0.3, -0.25) is 4.79 Å². The van der Waals surface area contributed by atoms with Gasteiger partial charge in [0, 0.05) is 17.9 Å². The fourth-order valence-corrected chi connectivity index (χ4v) is 1.92. The molecule has 104 valence electrons. The lowest BCUT2D eigenvalue weighted by molar-refractivity contribution is 0.0984. The van der Waals surface area contributed by atoms with Crippen LogP contribution in [-0.4, -0.2) is 12.5 Å². The Morgan fingerprint density at radius 3 is 2.40 bits per heavy atom. The minimum Gasteiger partial charge on any atom is -0.399 e. The molecule has 0 heterocycles. The van der Waals surface area contributed by atoms with Gasteiger partial charge >= 0.3 is 0 Å². The van der Waals surface area contributed by atoms with E-state index in [1.54, 1.807) is 6.92 Å². The Bertz CT molecular complexity index is 626. The number of benzene rings is 2. The molecule has 0 radical (unpaired) electrons. The molecule has 2 aromatic rings. The van der Waals surface area contributed by atoms with Crippen molar-refractivity contribution < 1.29 is 13.6 Å². The van der Waals surface area contributed by atoms with E-state index in [1.807, 2.05) is 0 Å². The molecule has 0 atom stereocenters. The van der Waals surface area contributed by atoms with Gasteiger partial charge in [0.1, 0.15) is 11.6 Å². The molecule has 0 aliphatic carbocycles. The van der Waals surface area contributed by atoms with Crippen LogP contribution in [0.15, 0.2) is 42.5 Å². The second-order valence-corrected chi connectivity index (χ2v) is 4.27. The van der Waals surface area contributed by atoms with Crippen LogP contribution in [0.1, 0.15) is 17.3 Å². The molecular weight excluding hydrogens is 262 g/mol. The van der Waals surface area contributed by atoms with Crippen molar-refractivity contribution in [3.8, 4) is 0 Å². The fraction of sp³-hybridized carbons (Fsp3) is 0.133. The molecule has 0 fully saturated rings. The Labute approximate surface area is 115 Å². The number of carbonyl (C=O) groups excluding carboxylic acids is 1. The average Bonchev–Trinajstić information content (AvgIpc) is 2.44. The molecule has 0 saturated heterocycles. The summed E-state index contributed by atoms with van der Waals surface area (Å²) in [5, 5.41) is 0. The third-order valence-electron chi connectivity index (χ3n) is 2.92. The van der Waals surface area contributed by atoms with Crippen LogP contribution in [0.25, 0.3) is 0 Å². The van der Waals surface area contributed by atoms with E-state index < -0.39 is 17.5 Å². The highest BCUT2D eigenvalue weighted by Crippen LogP contribution is 2.20. The molecule has 0 bridgehead atoms. The number of nitrogens with zero attached hydrogens (tertiary/aromatic N) is 1. The SMILES string of the molecule is CCN(C(=O)c1cc(N)ccc1F)c1ccc(F)cc1. The number of hydrogen-bond donors (Lipinski definition) is 1. The van der Waals surface area contributed by atoms with Crippen LogP contribution in [0.5, 0.6) is 0 Å². The monoisotopic (exact) mass is 276 g/mol. The van der Waals surface area contributed by atoms with Gasteiger partial charge in [0.2, 0.25) is 0 Å². The zero-order chi connectivity index (χ0) is 14.7. The third kappa shape index (κ3) is 2.77. The summed E-state index contributed by atoms with van der Waals surface area (Å²) in [6, 6.07) is 9.29. The van der Waals surface area contributed by atoms with Crippen molar-refractivity contribution in [1.82, 2.24) is 0 Å². The first-order valence-electron chi connectivity index (χ1n) is 6.15. The number of rotatable bonds is 3. The zero-order valence-electron chi connectivity index (χ0n) is 10.9. The van der Waals surface area contributed by atoms with E-state index >= 15 is 0 Å². The van der Waals surface area contributed by atoms with Gasteiger partial charge in [-0.05, 0) is 49.4 Å². The summed E-state index contributed by atoms with van der Waals surface area (Å²) in [5.41, 5.74) is 6.29. The minimum atomic E-state index is -0.634. The van der Waals surface area contributed by atoms with E-state index in [2.05, 4.69) is 0 Å². The molecule has 0 aliphatic heterocycles. The minimum absolute atomic E-state index is 0.101. The van der Waals surface area contributed by atoms with E-state index in [4.69, 9.17) is 5.73 Å². The van der Waals surface area contributed by atoms with Crippen LogP contribution < -0.4 is 10.6 Å². The fourth-order valence-electron chi connectivity index (χ4n) is 1.92. The van der Waals surface area contributed by atoms with Crippen molar-refractivity contribution >= 4 is 17.3 Å². The van der Waals surface area contributed by atoms with Gasteiger partial charge in [0.25, 0.3) is 5.91 Å². The maximum Gasteiger partial charge on any atom is 0.261 e. The van der Waals surface area contributed by atoms with E-state index in [-0.39, 0.29) is 5.56 Å². The van der Waals surface area contributed by atoms with Gasteiger partial charge in [-0.2, -0.15) is 0 Å². The first kappa shape index (κ1) is 14.0. The highest BCUT2D eigenvalue weighted by molar-refractivity contribution is 6.06. The first-order valence-corrected chi connectivity index (χ1v) is 6.15. The van der Waals surface area contributed by atoms with Crippen molar-refractivity contribution in [2.75, 3.05) is 17.2 Å². The molecule has 0 aromatic heterocycles. The van der Waals surface area contributed by atoms with Crippen molar-refractivity contribution in [3.05, 3.63) is 59.7 Å². The van der Waals surface area contributed by atoms with Crippen LogP contribution in [0.3, 0.4) is 0 Å². The van der Waals surface area contributed by atoms with Crippen LogP contribution in [0.2, 0.25) is 0 Å². The Morgan fingerprint density at radius 1 is 1.15 bits per heavy atom. The number of nitrogen functional groups attached to an aromatic ring is 1. The molecule has 0 aliphatic rings. The van der Waals surface area contributed by atoms with Crippen LogP contribution in [-0.2, 0) is 0 Å². The molecule has 2 N–H and O–H groups in total. The summed E-state index contributed by atoms with van der Waals surface area (Å²) in [5.74, 6) is -1.54. The smallest absolute Gasteiger partial charge is 0.261 e. The standard InChI is InChI=1S/C15H14F2N2O/c1-2-19(12-6-3-10(16)4-7-12)15(20)13-9-11(18)5-8-14(13)17/h3-9H,2,18H2,1H3. The van der Waals surface area contributed by atoms with Crippen LogP contribution in [0, 0.1) is 11.6 Å². The highest BCUT2D eigenvalue weighted by atomic mass is 19.1. The van der Waals surface area contributed by atoms with Gasteiger partial charge in [-0.1, -0.05) is 0 Å². The van der Waals surface area contributed by atoms with Crippen LogP contribution >= 0.6 is 0 Å². The maximum atomic E-state index is 13.7. The van der Waals surface area contributed by atoms with E-state index in [0.29, 0.717) is 17.9 Å². The number of nitrogens with two attached hydrogens (primary N) is 1. The summed E-state index contributed by atoms with van der Waals surface area (Å²) < 4.78 is 26.6. The first-order chi connectivity index (χ1) is 9.52. The zero-order valence-corrected chi connectivity index (χ0v) is 10.9. The number of halogens is 2. The molecule has 0 unspecified atom stereocenters. The Morgan fingerprint density at radius 2 is 1.80 bits per heavy atom. The van der Waals surface area contributed by atoms with Gasteiger partial charge in [-0.15, -0.1) is 0 Å². The second-order valence-electron chi connectivity index (χ2n) is 4.27. The third-order valence-corrected chi connectivity index (χ3v) is 2.92. The molecule has 0 saturated carbocycles. The largest absolute Gasteiger partial charge is 0.399 e. The Balaban J connectivity index is 2.38. The predicted molar refractivity (Wildman–Crippen MR) is 74.6 cm³/mol. The van der Waals surface area contributed by atoms with Crippen molar-refractivity contribution in [2.24, 2.45) is 0 Å². The molecule has 0 spiro atoms. The lowest BCUT2D eigenvalue weighted by Gasteiger charge is -2.21. The summed E-state index contributed by atoms with van der Waals surface area (Å²) in [4.78, 5) is 13.7. The van der Waals surface area contributed by atoms with Crippen molar-refractivity contribution in [3.63, 3.8) is 0 Å². The summed E-state index contributed by atoms with van der Waals surface area (Å²) in [6.07, 6.45) is 0. The summed E-state index contributed by atoms with van der Waals surface area (Å²) in [6.45, 7) is 2.09. The Kier molecular flexibility index (Phi) is 3.98. The maximum absolute atomic E-state index is 13.7. The highest BCUT2D eigenvalue weighted by Gasteiger charge is 2.19. The number of hydrogen-bond acceptors (Lipinski definition) is 2. The quantitative estimate of drug-likeness (QED) is 0.875. The van der Waals surface area contributed by atoms with Crippen molar-refractivity contribution in [2.45, 2.75) is 6.92 Å². The Hall–Kier alpha value is -2.43. The number of carbonyl (C=O) groups is 1. The summed E-state index contributed by atoms with van der Waals surface area (Å²) >= 11 is 0. The van der Waals surface area contributed by atoms with Crippen LogP contribution in [0.4, 0.5) is 20.2 Å². The molecule has 3 nitrogen and oxygen atoms in total. The molecule has 2 aromatic carbocycles. The van der Waals surface area contributed by atoms with Gasteiger partial charge in [0.05, 0.1) is 5.56 Å². The normalized spacial score (nSPS) is 10.3. The molecule has 1 amide bonds. The topological polar surface area (TPSA) is 46.3 Å². The number of anilines is 2. The van der Waals surface area contributed by atoms with Crippen molar-refractivity contribution in [1.29, 1.82) is 0 Å². The van der Waals surface area contributed by atoms with Gasteiger partial charge in [0.15, 0.2) is 0 Å². The molecule has 20 heavy (non-hydrogen) atoms. The molecule has 2 rings (SSSR count). The lowest BCUT2D eigenvalue weighted by atomic mass is 10.1. The van der Waals surface area contributed by atoms with Gasteiger partial charge in [-0.25, -0.2) is 8.78 Å². The number of amides is 1. The molecular formula is C15H14F2N2O. The average molecular weight is 276 g/mol. The predicted octanol–water partition coefficient (Wildman–Crippen LogP) is 3.21. The lowest BCUT2D eigenvalue weighted by Crippen LogP contribution is -2.31. The van der Waals surface area contributed by atoms with E-state index in [1.165, 1.54) is 41.3 Å². The molecule has 5 heteroatoms.